The Morgan fingerprint density at radius 2 is 2.00 bits per heavy atom. The Hall–Kier alpha value is -1.64. The minimum Gasteiger partial charge on any atom is -0.330 e. The fourth-order valence-corrected chi connectivity index (χ4v) is 4.07. The smallest absolute Gasteiger partial charge is 0.221 e. The molecule has 8 heteroatoms. The molecule has 25 heavy (non-hydrogen) atoms. The minimum absolute atomic E-state index is 0.0866. The number of nitrogens with zero attached hydrogens (tertiary/aromatic N) is 3. The molecule has 0 saturated carbocycles. The van der Waals surface area contributed by atoms with Crippen LogP contribution < -0.4 is 10.6 Å². The maximum Gasteiger partial charge on any atom is 0.221 e. The van der Waals surface area contributed by atoms with E-state index in [2.05, 4.69) is 39.6 Å². The average Bonchev–Trinajstić information content (AvgIpc) is 3.02. The third-order valence-electron chi connectivity index (χ3n) is 3.58. The van der Waals surface area contributed by atoms with E-state index in [0.717, 1.165) is 52.7 Å². The van der Waals surface area contributed by atoms with E-state index in [0.29, 0.717) is 0 Å². The molecule has 2 aromatic rings. The van der Waals surface area contributed by atoms with Gasteiger partial charge >= 0.3 is 0 Å². The Morgan fingerprint density at radius 1 is 1.24 bits per heavy atom. The van der Waals surface area contributed by atoms with Crippen LogP contribution in [0.1, 0.15) is 27.2 Å². The lowest BCUT2D eigenvalue weighted by molar-refractivity contribution is -0.114. The highest BCUT2D eigenvalue weighted by Crippen LogP contribution is 2.28. The van der Waals surface area contributed by atoms with Crippen LogP contribution in [0.5, 0.6) is 0 Å². The molecule has 0 fully saturated rings. The molecule has 2 rings (SSSR count). The molecule has 0 aliphatic carbocycles. The number of nitrogens with one attached hydrogen (secondary N) is 2. The number of aromatic nitrogens is 2. The first-order valence-corrected chi connectivity index (χ1v) is 10.2. The number of hydrogen-bond acceptors (Lipinski definition) is 7. The molecule has 1 aromatic heterocycles. The van der Waals surface area contributed by atoms with Crippen LogP contribution in [-0.2, 0) is 4.79 Å². The normalized spacial score (nSPS) is 10.9. The molecule has 0 aliphatic rings. The van der Waals surface area contributed by atoms with E-state index < -0.39 is 0 Å². The Balaban J connectivity index is 1.82. The number of carbonyl (C=O) groups is 1. The second-order valence-corrected chi connectivity index (χ2v) is 7.81. The molecule has 0 atom stereocenters. The molecule has 0 radical (unpaired) electrons. The summed E-state index contributed by atoms with van der Waals surface area (Å²) < 4.78 is 0.972. The first-order chi connectivity index (χ1) is 12.1. The molecule has 2 N–H and O–H groups in total. The van der Waals surface area contributed by atoms with Crippen molar-refractivity contribution in [2.24, 2.45) is 0 Å². The number of carbonyl (C=O) groups excluding carboxylic acids is 1. The summed E-state index contributed by atoms with van der Waals surface area (Å²) in [6.45, 7) is 9.21. The summed E-state index contributed by atoms with van der Waals surface area (Å²) in [6, 6.07) is 7.55. The van der Waals surface area contributed by atoms with E-state index in [1.807, 2.05) is 24.3 Å². The van der Waals surface area contributed by atoms with Gasteiger partial charge in [0, 0.05) is 24.1 Å². The number of anilines is 3. The highest BCUT2D eigenvalue weighted by atomic mass is 32.2. The Bertz CT molecular complexity index is 673. The summed E-state index contributed by atoms with van der Waals surface area (Å²) >= 11 is 3.29. The van der Waals surface area contributed by atoms with Crippen molar-refractivity contribution in [3.8, 4) is 0 Å². The molecule has 1 heterocycles. The molecule has 0 bridgehead atoms. The van der Waals surface area contributed by atoms with Gasteiger partial charge in [-0.05, 0) is 44.3 Å². The Morgan fingerprint density at radius 3 is 2.72 bits per heavy atom. The summed E-state index contributed by atoms with van der Waals surface area (Å²) in [5.41, 5.74) is 1.63. The standard InChI is InChI=1S/C17H25N5OS2/c1-4-22(5-2)10-7-11-24-17-21-20-16(25-17)19-15-9-6-8-14(12-15)18-13(3)23/h6,8-9,12H,4-5,7,10-11H2,1-3H3,(H,18,23)(H,19,20). The van der Waals surface area contributed by atoms with Crippen molar-refractivity contribution in [1.82, 2.24) is 15.1 Å². The molecule has 0 saturated heterocycles. The SMILES string of the molecule is CCN(CC)CCCSc1nnc(Nc2cccc(NC(C)=O)c2)s1. The summed E-state index contributed by atoms with van der Waals surface area (Å²) in [5.74, 6) is 0.958. The van der Waals surface area contributed by atoms with E-state index in [1.165, 1.54) is 6.92 Å². The van der Waals surface area contributed by atoms with Crippen molar-refractivity contribution < 1.29 is 4.79 Å². The fraction of sp³-hybridized carbons (Fsp3) is 0.471. The lowest BCUT2D eigenvalue weighted by Crippen LogP contribution is -2.24. The predicted molar refractivity (Wildman–Crippen MR) is 107 cm³/mol. The van der Waals surface area contributed by atoms with Crippen LogP contribution in [0, 0.1) is 0 Å². The molecule has 0 spiro atoms. The number of benzene rings is 1. The zero-order chi connectivity index (χ0) is 18.1. The number of hydrogen-bond donors (Lipinski definition) is 2. The lowest BCUT2D eigenvalue weighted by Gasteiger charge is -2.16. The van der Waals surface area contributed by atoms with Crippen LogP contribution >= 0.6 is 23.1 Å². The second-order valence-electron chi connectivity index (χ2n) is 5.49. The topological polar surface area (TPSA) is 70.2 Å². The summed E-state index contributed by atoms with van der Waals surface area (Å²) in [7, 11) is 0. The van der Waals surface area contributed by atoms with Gasteiger partial charge in [-0.15, -0.1) is 10.2 Å². The highest BCUT2D eigenvalue weighted by molar-refractivity contribution is 8.01. The molecule has 0 unspecified atom stereocenters. The zero-order valence-corrected chi connectivity index (χ0v) is 16.5. The van der Waals surface area contributed by atoms with Gasteiger partial charge in [0.05, 0.1) is 0 Å². The van der Waals surface area contributed by atoms with Crippen LogP contribution in [0.2, 0.25) is 0 Å². The van der Waals surface area contributed by atoms with E-state index in [-0.39, 0.29) is 5.91 Å². The first-order valence-electron chi connectivity index (χ1n) is 8.44. The van der Waals surface area contributed by atoms with Crippen molar-refractivity contribution in [2.45, 2.75) is 31.5 Å². The fourth-order valence-electron chi connectivity index (χ4n) is 2.31. The van der Waals surface area contributed by atoms with Gasteiger partial charge in [-0.1, -0.05) is 43.0 Å². The first kappa shape index (κ1) is 19.7. The summed E-state index contributed by atoms with van der Waals surface area (Å²) in [4.78, 5) is 13.6. The number of amides is 1. The second kappa shape index (κ2) is 10.4. The van der Waals surface area contributed by atoms with Gasteiger partial charge in [-0.25, -0.2) is 0 Å². The molecule has 1 aromatic carbocycles. The molecular formula is C17H25N5OS2. The molecular weight excluding hydrogens is 354 g/mol. The maximum atomic E-state index is 11.1. The van der Waals surface area contributed by atoms with Crippen molar-refractivity contribution in [1.29, 1.82) is 0 Å². The van der Waals surface area contributed by atoms with Crippen molar-refractivity contribution in [3.05, 3.63) is 24.3 Å². The molecule has 6 nitrogen and oxygen atoms in total. The van der Waals surface area contributed by atoms with Gasteiger partial charge in [0.1, 0.15) is 0 Å². The summed E-state index contributed by atoms with van der Waals surface area (Å²) in [5, 5.41) is 15.2. The van der Waals surface area contributed by atoms with Crippen LogP contribution in [0.25, 0.3) is 0 Å². The predicted octanol–water partition coefficient (Wildman–Crippen LogP) is 4.06. The van der Waals surface area contributed by atoms with E-state index >= 15 is 0 Å². The summed E-state index contributed by atoms with van der Waals surface area (Å²) in [6.07, 6.45) is 1.15. The van der Waals surface area contributed by atoms with Gasteiger partial charge in [0.25, 0.3) is 0 Å². The quantitative estimate of drug-likeness (QED) is 0.479. The van der Waals surface area contributed by atoms with Gasteiger partial charge < -0.3 is 15.5 Å². The van der Waals surface area contributed by atoms with Crippen molar-refractivity contribution in [2.75, 3.05) is 36.0 Å². The molecule has 1 amide bonds. The minimum atomic E-state index is -0.0866. The number of thioether (sulfide) groups is 1. The van der Waals surface area contributed by atoms with Gasteiger partial charge in [0.2, 0.25) is 11.0 Å². The molecule has 0 aliphatic heterocycles. The highest BCUT2D eigenvalue weighted by Gasteiger charge is 2.06. The lowest BCUT2D eigenvalue weighted by atomic mass is 10.3. The van der Waals surface area contributed by atoms with Gasteiger partial charge in [-0.2, -0.15) is 0 Å². The Kier molecular flexibility index (Phi) is 8.17. The van der Waals surface area contributed by atoms with E-state index in [4.69, 9.17) is 0 Å². The third-order valence-corrected chi connectivity index (χ3v) is 5.64. The monoisotopic (exact) mass is 379 g/mol. The van der Waals surface area contributed by atoms with Gasteiger partial charge in [-0.3, -0.25) is 4.79 Å². The Labute approximate surface area is 157 Å². The largest absolute Gasteiger partial charge is 0.330 e. The number of rotatable bonds is 10. The maximum absolute atomic E-state index is 11.1. The van der Waals surface area contributed by atoms with E-state index in [9.17, 15) is 4.79 Å². The van der Waals surface area contributed by atoms with Crippen LogP contribution in [0.3, 0.4) is 0 Å². The van der Waals surface area contributed by atoms with Gasteiger partial charge in [0.15, 0.2) is 4.34 Å². The third kappa shape index (κ3) is 7.01. The van der Waals surface area contributed by atoms with E-state index in [1.54, 1.807) is 23.1 Å². The molecule has 136 valence electrons. The van der Waals surface area contributed by atoms with Crippen molar-refractivity contribution >= 4 is 45.5 Å². The van der Waals surface area contributed by atoms with Crippen LogP contribution in [0.4, 0.5) is 16.5 Å². The van der Waals surface area contributed by atoms with Crippen LogP contribution in [0.15, 0.2) is 28.6 Å². The zero-order valence-electron chi connectivity index (χ0n) is 14.9. The average molecular weight is 380 g/mol. The van der Waals surface area contributed by atoms with Crippen molar-refractivity contribution in [3.63, 3.8) is 0 Å². The van der Waals surface area contributed by atoms with Crippen LogP contribution in [-0.4, -0.2) is 46.4 Å².